The maximum Gasteiger partial charge on any atom is 0.252 e. The van der Waals surface area contributed by atoms with Crippen LogP contribution in [0.1, 0.15) is 22.3 Å². The van der Waals surface area contributed by atoms with Crippen LogP contribution in [-0.2, 0) is 6.54 Å². The Hall–Kier alpha value is -1.73. The van der Waals surface area contributed by atoms with E-state index in [1.807, 2.05) is 35.0 Å². The second kappa shape index (κ2) is 9.10. The Morgan fingerprint density at radius 3 is 2.92 bits per heavy atom. The van der Waals surface area contributed by atoms with Gasteiger partial charge in [0.25, 0.3) is 5.91 Å². The van der Waals surface area contributed by atoms with E-state index in [-0.39, 0.29) is 11.9 Å². The molecule has 0 saturated carbocycles. The van der Waals surface area contributed by atoms with Crippen molar-refractivity contribution in [2.24, 2.45) is 0 Å². The molecule has 2 atom stereocenters. The maximum atomic E-state index is 12.1. The molecular formula is C19H25N3O2S. The number of nitrogens with zero attached hydrogens (tertiary/aromatic N) is 1. The molecule has 0 spiro atoms. The molecule has 0 bridgehead atoms. The van der Waals surface area contributed by atoms with Gasteiger partial charge >= 0.3 is 0 Å². The highest BCUT2D eigenvalue weighted by Gasteiger charge is 2.25. The molecule has 3 N–H and O–H groups in total. The monoisotopic (exact) mass is 359 g/mol. The Balaban J connectivity index is 1.34. The molecule has 1 saturated heterocycles. The average Bonchev–Trinajstić information content (AvgIpc) is 3.28. The molecule has 1 fully saturated rings. The highest BCUT2D eigenvalue weighted by Crippen LogP contribution is 2.12. The lowest BCUT2D eigenvalue weighted by Gasteiger charge is -2.20. The van der Waals surface area contributed by atoms with Gasteiger partial charge in [0, 0.05) is 49.7 Å². The van der Waals surface area contributed by atoms with E-state index < -0.39 is 6.10 Å². The zero-order valence-corrected chi connectivity index (χ0v) is 15.0. The lowest BCUT2D eigenvalue weighted by Crippen LogP contribution is -2.40. The Bertz CT molecular complexity index is 648. The fraction of sp³-hybridized carbons (Fsp3) is 0.421. The van der Waals surface area contributed by atoms with Gasteiger partial charge in [0.2, 0.25) is 0 Å². The van der Waals surface area contributed by atoms with E-state index in [1.54, 1.807) is 0 Å². The van der Waals surface area contributed by atoms with Gasteiger partial charge in [0.1, 0.15) is 0 Å². The van der Waals surface area contributed by atoms with Gasteiger partial charge in [-0.25, -0.2) is 0 Å². The number of amides is 1. The molecule has 0 unspecified atom stereocenters. The first-order valence-corrected chi connectivity index (χ1v) is 9.63. The smallest absolute Gasteiger partial charge is 0.252 e. The van der Waals surface area contributed by atoms with E-state index >= 15 is 0 Å². The zero-order chi connectivity index (χ0) is 17.5. The number of rotatable bonds is 8. The van der Waals surface area contributed by atoms with Gasteiger partial charge in [-0.1, -0.05) is 30.3 Å². The van der Waals surface area contributed by atoms with Crippen LogP contribution in [0.4, 0.5) is 0 Å². The number of aliphatic hydroxyl groups is 1. The molecule has 134 valence electrons. The predicted molar refractivity (Wildman–Crippen MR) is 101 cm³/mol. The number of hydrogen-bond acceptors (Lipinski definition) is 5. The zero-order valence-electron chi connectivity index (χ0n) is 14.2. The Morgan fingerprint density at radius 1 is 1.32 bits per heavy atom. The van der Waals surface area contributed by atoms with Gasteiger partial charge in [-0.2, -0.15) is 11.3 Å². The molecule has 1 amide bonds. The number of benzene rings is 1. The molecule has 5 nitrogen and oxygen atoms in total. The molecule has 1 aromatic heterocycles. The van der Waals surface area contributed by atoms with Crippen LogP contribution in [0.3, 0.4) is 0 Å². The minimum absolute atomic E-state index is 0.00169. The lowest BCUT2D eigenvalue weighted by atomic mass is 10.2. The molecule has 1 aromatic carbocycles. The summed E-state index contributed by atoms with van der Waals surface area (Å²) in [6, 6.07) is 12.2. The van der Waals surface area contributed by atoms with Gasteiger partial charge in [0.05, 0.1) is 6.10 Å². The maximum absolute atomic E-state index is 12.1. The third-order valence-electron chi connectivity index (χ3n) is 4.41. The minimum atomic E-state index is -0.407. The van der Waals surface area contributed by atoms with Crippen LogP contribution in [0.15, 0.2) is 47.2 Å². The van der Waals surface area contributed by atoms with Crippen molar-refractivity contribution in [1.29, 1.82) is 0 Å². The number of carbonyl (C=O) groups excluding carboxylic acids is 1. The number of β-amino-alcohol motifs (C(OH)–C–C–N with tert-alkyl or cyclic N) is 1. The number of hydrogen-bond donors (Lipinski definition) is 3. The van der Waals surface area contributed by atoms with Gasteiger partial charge in [-0.05, 0) is 23.4 Å². The Labute approximate surface area is 152 Å². The average molecular weight is 359 g/mol. The summed E-state index contributed by atoms with van der Waals surface area (Å²) in [5, 5.41) is 20.4. The highest BCUT2D eigenvalue weighted by molar-refractivity contribution is 7.08. The van der Waals surface area contributed by atoms with E-state index in [2.05, 4.69) is 27.7 Å². The number of aliphatic hydroxyl groups excluding tert-OH is 1. The molecule has 2 heterocycles. The van der Waals surface area contributed by atoms with Crippen LogP contribution in [-0.4, -0.2) is 54.2 Å². The van der Waals surface area contributed by atoms with Crippen molar-refractivity contribution in [2.45, 2.75) is 25.1 Å². The number of carbonyl (C=O) groups is 1. The molecule has 0 radical (unpaired) electrons. The van der Waals surface area contributed by atoms with Crippen molar-refractivity contribution in [3.05, 3.63) is 58.3 Å². The van der Waals surface area contributed by atoms with Crippen LogP contribution >= 0.6 is 11.3 Å². The van der Waals surface area contributed by atoms with Gasteiger partial charge in [-0.3, -0.25) is 9.69 Å². The SMILES string of the molecule is O=C(N[C@@H]1CCN(C[C@H](O)CNCc2ccccc2)C1)c1ccsc1. The van der Waals surface area contributed by atoms with Crippen molar-refractivity contribution in [3.8, 4) is 0 Å². The summed E-state index contributed by atoms with van der Waals surface area (Å²) in [6.07, 6.45) is 0.523. The van der Waals surface area contributed by atoms with E-state index in [1.165, 1.54) is 16.9 Å². The third kappa shape index (κ3) is 5.64. The van der Waals surface area contributed by atoms with Crippen molar-refractivity contribution in [2.75, 3.05) is 26.2 Å². The van der Waals surface area contributed by atoms with Crippen molar-refractivity contribution >= 4 is 17.2 Å². The van der Waals surface area contributed by atoms with E-state index in [4.69, 9.17) is 0 Å². The van der Waals surface area contributed by atoms with Gasteiger partial charge in [-0.15, -0.1) is 0 Å². The first-order valence-electron chi connectivity index (χ1n) is 8.69. The van der Waals surface area contributed by atoms with E-state index in [9.17, 15) is 9.90 Å². The van der Waals surface area contributed by atoms with Crippen molar-refractivity contribution in [3.63, 3.8) is 0 Å². The second-order valence-electron chi connectivity index (χ2n) is 6.50. The van der Waals surface area contributed by atoms with Crippen LogP contribution < -0.4 is 10.6 Å². The second-order valence-corrected chi connectivity index (χ2v) is 7.28. The third-order valence-corrected chi connectivity index (χ3v) is 5.10. The van der Waals surface area contributed by atoms with Gasteiger partial charge in [0.15, 0.2) is 0 Å². The molecule has 25 heavy (non-hydrogen) atoms. The Kier molecular flexibility index (Phi) is 6.58. The quantitative estimate of drug-likeness (QED) is 0.671. The fourth-order valence-corrected chi connectivity index (χ4v) is 3.76. The summed E-state index contributed by atoms with van der Waals surface area (Å²) in [7, 11) is 0. The summed E-state index contributed by atoms with van der Waals surface area (Å²) < 4.78 is 0. The molecule has 1 aliphatic rings. The highest BCUT2D eigenvalue weighted by atomic mass is 32.1. The molecule has 0 aliphatic carbocycles. The van der Waals surface area contributed by atoms with E-state index in [0.29, 0.717) is 13.1 Å². The first-order chi connectivity index (χ1) is 12.2. The summed E-state index contributed by atoms with van der Waals surface area (Å²) in [5.41, 5.74) is 1.95. The van der Waals surface area contributed by atoms with Crippen LogP contribution in [0.2, 0.25) is 0 Å². The number of likely N-dealkylation sites (tertiary alicyclic amines) is 1. The number of nitrogens with one attached hydrogen (secondary N) is 2. The molecule has 2 aromatic rings. The van der Waals surface area contributed by atoms with Crippen LogP contribution in [0.25, 0.3) is 0 Å². The lowest BCUT2D eigenvalue weighted by molar-refractivity contribution is 0.0934. The van der Waals surface area contributed by atoms with Crippen LogP contribution in [0, 0.1) is 0 Å². The molecule has 6 heteroatoms. The molecular weight excluding hydrogens is 334 g/mol. The minimum Gasteiger partial charge on any atom is -0.390 e. The molecule has 1 aliphatic heterocycles. The van der Waals surface area contributed by atoms with E-state index in [0.717, 1.165) is 31.6 Å². The first kappa shape index (κ1) is 18.1. The number of thiophene rings is 1. The Morgan fingerprint density at radius 2 is 2.16 bits per heavy atom. The molecule has 3 rings (SSSR count). The predicted octanol–water partition coefficient (Wildman–Crippen LogP) is 1.70. The van der Waals surface area contributed by atoms with Gasteiger partial charge < -0.3 is 15.7 Å². The van der Waals surface area contributed by atoms with Crippen LogP contribution in [0.5, 0.6) is 0 Å². The summed E-state index contributed by atoms with van der Waals surface area (Å²) in [6.45, 7) is 3.66. The fourth-order valence-electron chi connectivity index (χ4n) is 3.12. The normalized spacial score (nSPS) is 19.0. The largest absolute Gasteiger partial charge is 0.390 e. The topological polar surface area (TPSA) is 64.6 Å². The van der Waals surface area contributed by atoms with Crippen molar-refractivity contribution < 1.29 is 9.90 Å². The standard InChI is InChI=1S/C19H25N3O2S/c23-18(11-20-10-15-4-2-1-3-5-15)13-22-8-6-17(12-22)21-19(24)16-7-9-25-14-16/h1-5,7,9,14,17-18,20,23H,6,8,10-13H2,(H,21,24)/t17-,18-/m1/s1. The summed E-state index contributed by atoms with van der Waals surface area (Å²) in [4.78, 5) is 14.3. The summed E-state index contributed by atoms with van der Waals surface area (Å²) >= 11 is 1.53. The summed E-state index contributed by atoms with van der Waals surface area (Å²) in [5.74, 6) is -0.00169. The van der Waals surface area contributed by atoms with Crippen molar-refractivity contribution in [1.82, 2.24) is 15.5 Å².